The molecule has 2 amide bonds. The number of benzene rings is 1. The van der Waals surface area contributed by atoms with Crippen LogP contribution >= 0.6 is 0 Å². The summed E-state index contributed by atoms with van der Waals surface area (Å²) < 4.78 is 38.9. The predicted octanol–water partition coefficient (Wildman–Crippen LogP) is 1.53. The molecule has 2 N–H and O–H groups in total. The molecule has 1 aromatic rings. The second-order valence-electron chi connectivity index (χ2n) is 4.77. The summed E-state index contributed by atoms with van der Waals surface area (Å²) >= 11 is 0. The summed E-state index contributed by atoms with van der Waals surface area (Å²) in [6.07, 6.45) is -0.122. The lowest BCUT2D eigenvalue weighted by Crippen LogP contribution is -2.45. The standard InChI is InChI=1S/C13H13F3N2O2/c1-13(15,16)12(20)17-9-6-10(19)18-11(9)7-3-2-4-8(14)5-7/h2-5,9,11H,6H2,1H3,(H,17,20)(H,18,19)/t9-,11?/m0/s1. The summed E-state index contributed by atoms with van der Waals surface area (Å²) in [5.41, 5.74) is 0.417. The van der Waals surface area contributed by atoms with Crippen LogP contribution in [0.15, 0.2) is 24.3 Å². The van der Waals surface area contributed by atoms with Gasteiger partial charge in [-0.1, -0.05) is 12.1 Å². The highest BCUT2D eigenvalue weighted by Gasteiger charge is 2.39. The summed E-state index contributed by atoms with van der Waals surface area (Å²) in [5, 5.41) is 4.66. The van der Waals surface area contributed by atoms with Crippen LogP contribution in [0.1, 0.15) is 24.9 Å². The lowest BCUT2D eigenvalue weighted by molar-refractivity contribution is -0.143. The number of halogens is 3. The highest BCUT2D eigenvalue weighted by atomic mass is 19.3. The molecule has 2 atom stereocenters. The number of carbonyl (C=O) groups excluding carboxylic acids is 2. The van der Waals surface area contributed by atoms with E-state index in [1.807, 2.05) is 0 Å². The minimum Gasteiger partial charge on any atom is -0.347 e. The van der Waals surface area contributed by atoms with Crippen LogP contribution in [0.4, 0.5) is 13.2 Å². The number of hydrogen-bond donors (Lipinski definition) is 2. The second kappa shape index (κ2) is 5.15. The van der Waals surface area contributed by atoms with Gasteiger partial charge in [0.2, 0.25) is 5.91 Å². The van der Waals surface area contributed by atoms with Gasteiger partial charge in [0.15, 0.2) is 0 Å². The van der Waals surface area contributed by atoms with E-state index in [-0.39, 0.29) is 12.3 Å². The molecule has 0 saturated carbocycles. The first kappa shape index (κ1) is 14.4. The maximum Gasteiger partial charge on any atom is 0.321 e. The highest BCUT2D eigenvalue weighted by molar-refractivity contribution is 5.86. The Hall–Kier alpha value is -2.05. The Morgan fingerprint density at radius 3 is 2.75 bits per heavy atom. The largest absolute Gasteiger partial charge is 0.347 e. The van der Waals surface area contributed by atoms with Crippen molar-refractivity contribution in [3.05, 3.63) is 35.6 Å². The molecule has 2 rings (SSSR count). The Labute approximate surface area is 113 Å². The molecule has 1 aliphatic heterocycles. The van der Waals surface area contributed by atoms with Crippen molar-refractivity contribution in [2.75, 3.05) is 0 Å². The molecule has 1 fully saturated rings. The van der Waals surface area contributed by atoms with Gasteiger partial charge >= 0.3 is 5.92 Å². The van der Waals surface area contributed by atoms with Crippen molar-refractivity contribution in [2.24, 2.45) is 0 Å². The van der Waals surface area contributed by atoms with E-state index in [1.54, 1.807) is 6.07 Å². The number of nitrogens with one attached hydrogen (secondary N) is 2. The average molecular weight is 286 g/mol. The number of rotatable bonds is 3. The fourth-order valence-corrected chi connectivity index (χ4v) is 2.10. The lowest BCUT2D eigenvalue weighted by atomic mass is 10.0. The Balaban J connectivity index is 2.19. The molecule has 20 heavy (non-hydrogen) atoms. The monoisotopic (exact) mass is 286 g/mol. The molecule has 0 spiro atoms. The quantitative estimate of drug-likeness (QED) is 0.885. The van der Waals surface area contributed by atoms with Gasteiger partial charge in [-0.25, -0.2) is 4.39 Å². The Morgan fingerprint density at radius 2 is 2.15 bits per heavy atom. The third-order valence-electron chi connectivity index (χ3n) is 3.05. The first-order valence-electron chi connectivity index (χ1n) is 6.01. The molecule has 1 aromatic carbocycles. The first-order chi connectivity index (χ1) is 9.27. The maximum atomic E-state index is 13.2. The topological polar surface area (TPSA) is 58.2 Å². The van der Waals surface area contributed by atoms with Gasteiger partial charge in [-0.3, -0.25) is 9.59 Å². The van der Waals surface area contributed by atoms with Gasteiger partial charge in [0.1, 0.15) is 5.82 Å². The minimum absolute atomic E-state index is 0.122. The average Bonchev–Trinajstić information content (AvgIpc) is 2.69. The summed E-state index contributed by atoms with van der Waals surface area (Å²) in [5.74, 6) is -5.88. The molecular formula is C13H13F3N2O2. The molecule has 108 valence electrons. The molecular weight excluding hydrogens is 273 g/mol. The first-order valence-corrected chi connectivity index (χ1v) is 6.01. The molecule has 4 nitrogen and oxygen atoms in total. The Morgan fingerprint density at radius 1 is 1.45 bits per heavy atom. The molecule has 0 bridgehead atoms. The molecule has 1 saturated heterocycles. The third kappa shape index (κ3) is 3.09. The zero-order chi connectivity index (χ0) is 14.9. The smallest absolute Gasteiger partial charge is 0.321 e. The fourth-order valence-electron chi connectivity index (χ4n) is 2.10. The van der Waals surface area contributed by atoms with Crippen molar-refractivity contribution < 1.29 is 22.8 Å². The Kier molecular flexibility index (Phi) is 3.69. The van der Waals surface area contributed by atoms with Gasteiger partial charge < -0.3 is 10.6 Å². The molecule has 1 unspecified atom stereocenters. The summed E-state index contributed by atoms with van der Waals surface area (Å²) in [6, 6.07) is 3.88. The number of alkyl halides is 2. The van der Waals surface area contributed by atoms with Gasteiger partial charge in [0, 0.05) is 13.3 Å². The van der Waals surface area contributed by atoms with Crippen LogP contribution in [0.25, 0.3) is 0 Å². The van der Waals surface area contributed by atoms with E-state index in [4.69, 9.17) is 0 Å². The Bertz CT molecular complexity index is 543. The second-order valence-corrected chi connectivity index (χ2v) is 4.77. The SMILES string of the molecule is CC(F)(F)C(=O)N[C@H]1CC(=O)NC1c1cccc(F)c1. The summed E-state index contributed by atoms with van der Waals surface area (Å²) in [7, 11) is 0. The zero-order valence-corrected chi connectivity index (χ0v) is 10.6. The van der Waals surface area contributed by atoms with Crippen molar-refractivity contribution >= 4 is 11.8 Å². The van der Waals surface area contributed by atoms with Gasteiger partial charge in [-0.15, -0.1) is 0 Å². The molecule has 1 aliphatic rings. The van der Waals surface area contributed by atoms with Crippen LogP contribution in [-0.2, 0) is 9.59 Å². The van der Waals surface area contributed by atoms with E-state index >= 15 is 0 Å². The van der Waals surface area contributed by atoms with E-state index in [2.05, 4.69) is 10.6 Å². The van der Waals surface area contributed by atoms with E-state index in [1.165, 1.54) is 18.2 Å². The van der Waals surface area contributed by atoms with E-state index in [0.717, 1.165) is 0 Å². The van der Waals surface area contributed by atoms with Crippen LogP contribution in [-0.4, -0.2) is 23.8 Å². The maximum absolute atomic E-state index is 13.2. The molecule has 1 heterocycles. The van der Waals surface area contributed by atoms with Gasteiger partial charge in [0.05, 0.1) is 12.1 Å². The van der Waals surface area contributed by atoms with Gasteiger partial charge in [0.25, 0.3) is 5.91 Å². The number of hydrogen-bond acceptors (Lipinski definition) is 2. The lowest BCUT2D eigenvalue weighted by Gasteiger charge is -2.22. The predicted molar refractivity (Wildman–Crippen MR) is 64.5 cm³/mol. The van der Waals surface area contributed by atoms with Crippen molar-refractivity contribution in [1.82, 2.24) is 10.6 Å². The van der Waals surface area contributed by atoms with Crippen LogP contribution < -0.4 is 10.6 Å². The fraction of sp³-hybridized carbons (Fsp3) is 0.385. The molecule has 0 aliphatic carbocycles. The van der Waals surface area contributed by atoms with Crippen LogP contribution in [0.2, 0.25) is 0 Å². The third-order valence-corrected chi connectivity index (χ3v) is 3.05. The zero-order valence-electron chi connectivity index (χ0n) is 10.6. The van der Waals surface area contributed by atoms with Crippen molar-refractivity contribution in [3.8, 4) is 0 Å². The van der Waals surface area contributed by atoms with Crippen LogP contribution in [0.3, 0.4) is 0 Å². The van der Waals surface area contributed by atoms with Crippen molar-refractivity contribution in [2.45, 2.75) is 31.4 Å². The van der Waals surface area contributed by atoms with E-state index in [9.17, 15) is 22.8 Å². The van der Waals surface area contributed by atoms with Gasteiger partial charge in [-0.2, -0.15) is 8.78 Å². The number of carbonyl (C=O) groups is 2. The van der Waals surface area contributed by atoms with Crippen LogP contribution in [0, 0.1) is 5.82 Å². The van der Waals surface area contributed by atoms with Gasteiger partial charge in [-0.05, 0) is 17.7 Å². The van der Waals surface area contributed by atoms with Crippen LogP contribution in [0.5, 0.6) is 0 Å². The molecule has 0 radical (unpaired) electrons. The minimum atomic E-state index is -3.53. The number of amides is 2. The van der Waals surface area contributed by atoms with Crippen molar-refractivity contribution in [1.29, 1.82) is 0 Å². The highest BCUT2D eigenvalue weighted by Crippen LogP contribution is 2.26. The summed E-state index contributed by atoms with van der Waals surface area (Å²) in [6.45, 7) is 0.476. The van der Waals surface area contributed by atoms with E-state index < -0.39 is 29.7 Å². The molecule has 0 aromatic heterocycles. The van der Waals surface area contributed by atoms with Crippen molar-refractivity contribution in [3.63, 3.8) is 0 Å². The normalized spacial score (nSPS) is 22.5. The van der Waals surface area contributed by atoms with E-state index in [0.29, 0.717) is 12.5 Å². The molecule has 7 heteroatoms. The summed E-state index contributed by atoms with van der Waals surface area (Å²) in [4.78, 5) is 22.7.